The lowest BCUT2D eigenvalue weighted by molar-refractivity contribution is 0.0513. The molecule has 0 unspecified atom stereocenters. The van der Waals surface area contributed by atoms with Crippen molar-refractivity contribution in [1.29, 1.82) is 0 Å². The standard InChI is InChI=1S/C22H28FN3O2.HI/c1-24-21(25-13-16-28-20-5-3-2-4-6-20)26-17-22(11-14-27-15-12-22)18-7-9-19(23)10-8-18;/h2-10H,11-17H2,1H3,(H2,24,25,26);1H. The summed E-state index contributed by atoms with van der Waals surface area (Å²) in [5.41, 5.74) is 1.04. The van der Waals surface area contributed by atoms with Crippen LogP contribution in [0.5, 0.6) is 5.75 Å². The molecule has 7 heteroatoms. The largest absolute Gasteiger partial charge is 0.492 e. The molecule has 1 saturated heterocycles. The van der Waals surface area contributed by atoms with Gasteiger partial charge in [-0.25, -0.2) is 4.39 Å². The van der Waals surface area contributed by atoms with Crippen molar-refractivity contribution >= 4 is 29.9 Å². The monoisotopic (exact) mass is 513 g/mol. The molecule has 0 saturated carbocycles. The number of ether oxygens (including phenoxy) is 2. The van der Waals surface area contributed by atoms with E-state index < -0.39 is 0 Å². The van der Waals surface area contributed by atoms with E-state index >= 15 is 0 Å². The molecule has 0 aromatic heterocycles. The fraction of sp³-hybridized carbons (Fsp3) is 0.409. The molecule has 3 rings (SSSR count). The first-order chi connectivity index (χ1) is 13.7. The van der Waals surface area contributed by atoms with Crippen LogP contribution in [0.3, 0.4) is 0 Å². The molecule has 2 aromatic rings. The van der Waals surface area contributed by atoms with Crippen molar-refractivity contribution in [3.8, 4) is 5.75 Å². The van der Waals surface area contributed by atoms with E-state index in [1.54, 1.807) is 7.05 Å². The van der Waals surface area contributed by atoms with Gasteiger partial charge in [-0.2, -0.15) is 0 Å². The third-order valence-corrected chi connectivity index (χ3v) is 5.13. The average Bonchev–Trinajstić information content (AvgIpc) is 2.75. The Morgan fingerprint density at radius 1 is 1.07 bits per heavy atom. The van der Waals surface area contributed by atoms with Crippen LogP contribution < -0.4 is 15.4 Å². The lowest BCUT2D eigenvalue weighted by Gasteiger charge is -2.38. The predicted molar refractivity (Wildman–Crippen MR) is 125 cm³/mol. The highest BCUT2D eigenvalue weighted by Crippen LogP contribution is 2.34. The van der Waals surface area contributed by atoms with E-state index in [0.29, 0.717) is 32.9 Å². The zero-order valence-electron chi connectivity index (χ0n) is 16.7. The number of hydrogen-bond acceptors (Lipinski definition) is 3. The van der Waals surface area contributed by atoms with Crippen molar-refractivity contribution in [2.75, 3.05) is 40.0 Å². The van der Waals surface area contributed by atoms with Crippen LogP contribution in [0, 0.1) is 5.82 Å². The van der Waals surface area contributed by atoms with Crippen LogP contribution in [0.15, 0.2) is 59.6 Å². The van der Waals surface area contributed by atoms with Gasteiger partial charge in [0.15, 0.2) is 5.96 Å². The summed E-state index contributed by atoms with van der Waals surface area (Å²) in [6.45, 7) is 3.30. The third kappa shape index (κ3) is 6.85. The number of hydrogen-bond donors (Lipinski definition) is 2. The number of para-hydroxylation sites is 1. The van der Waals surface area contributed by atoms with Crippen molar-refractivity contribution in [3.05, 3.63) is 66.0 Å². The van der Waals surface area contributed by atoms with E-state index in [1.165, 1.54) is 12.1 Å². The first kappa shape index (κ1) is 23.4. The Hall–Kier alpha value is -1.87. The molecule has 0 spiro atoms. The Bertz CT molecular complexity index is 750. The van der Waals surface area contributed by atoms with E-state index in [2.05, 4.69) is 15.6 Å². The second-order valence-corrected chi connectivity index (χ2v) is 6.91. The molecule has 5 nitrogen and oxygen atoms in total. The van der Waals surface area contributed by atoms with Gasteiger partial charge in [0.25, 0.3) is 0 Å². The molecule has 29 heavy (non-hydrogen) atoms. The summed E-state index contributed by atoms with van der Waals surface area (Å²) in [4.78, 5) is 4.30. The van der Waals surface area contributed by atoms with Crippen molar-refractivity contribution in [1.82, 2.24) is 10.6 Å². The zero-order chi connectivity index (χ0) is 19.7. The molecule has 0 bridgehead atoms. The first-order valence-electron chi connectivity index (χ1n) is 9.68. The summed E-state index contributed by atoms with van der Waals surface area (Å²) in [7, 11) is 1.75. The molecule has 0 amide bonds. The Balaban J connectivity index is 0.00000300. The van der Waals surface area contributed by atoms with Crippen LogP contribution in [0.4, 0.5) is 4.39 Å². The number of nitrogens with zero attached hydrogens (tertiary/aromatic N) is 1. The van der Waals surface area contributed by atoms with Crippen molar-refractivity contribution in [3.63, 3.8) is 0 Å². The van der Waals surface area contributed by atoms with Gasteiger partial charge in [-0.3, -0.25) is 4.99 Å². The number of guanidine groups is 1. The van der Waals surface area contributed by atoms with Crippen LogP contribution in [0.1, 0.15) is 18.4 Å². The van der Waals surface area contributed by atoms with E-state index in [4.69, 9.17) is 9.47 Å². The number of halogens is 2. The second kappa shape index (κ2) is 12.0. The molecule has 0 radical (unpaired) electrons. The normalized spacial score (nSPS) is 15.9. The minimum Gasteiger partial charge on any atom is -0.492 e. The molecular weight excluding hydrogens is 484 g/mol. The summed E-state index contributed by atoms with van der Waals surface area (Å²) in [5.74, 6) is 1.36. The minimum atomic E-state index is -0.213. The number of rotatable bonds is 7. The predicted octanol–water partition coefficient (Wildman–Crippen LogP) is 3.74. The van der Waals surface area contributed by atoms with Crippen molar-refractivity contribution in [2.24, 2.45) is 4.99 Å². The maximum absolute atomic E-state index is 13.4. The highest BCUT2D eigenvalue weighted by Gasteiger charge is 2.34. The molecule has 0 aliphatic carbocycles. The zero-order valence-corrected chi connectivity index (χ0v) is 19.0. The van der Waals surface area contributed by atoms with Gasteiger partial charge in [0.1, 0.15) is 18.2 Å². The second-order valence-electron chi connectivity index (χ2n) is 6.91. The average molecular weight is 513 g/mol. The topological polar surface area (TPSA) is 54.9 Å². The van der Waals surface area contributed by atoms with Crippen LogP contribution in [-0.4, -0.2) is 45.9 Å². The quantitative estimate of drug-likeness (QED) is 0.257. The van der Waals surface area contributed by atoms with Gasteiger partial charge in [0.2, 0.25) is 0 Å². The molecular formula is C22H29FIN3O2. The molecule has 1 aliphatic rings. The van der Waals surface area contributed by atoms with Gasteiger partial charge in [0, 0.05) is 32.2 Å². The Labute approximate surface area is 189 Å². The fourth-order valence-corrected chi connectivity index (χ4v) is 3.46. The van der Waals surface area contributed by atoms with E-state index in [9.17, 15) is 4.39 Å². The SMILES string of the molecule is CN=C(NCCOc1ccccc1)NCC1(c2ccc(F)cc2)CCOCC1.I. The summed E-state index contributed by atoms with van der Waals surface area (Å²) < 4.78 is 24.6. The molecule has 1 heterocycles. The maximum Gasteiger partial charge on any atom is 0.191 e. The summed E-state index contributed by atoms with van der Waals surface area (Å²) >= 11 is 0. The van der Waals surface area contributed by atoms with Crippen LogP contribution in [0.2, 0.25) is 0 Å². The highest BCUT2D eigenvalue weighted by atomic mass is 127. The summed E-state index contributed by atoms with van der Waals surface area (Å²) in [6, 6.07) is 16.6. The minimum absolute atomic E-state index is 0. The van der Waals surface area contributed by atoms with E-state index in [1.807, 2.05) is 42.5 Å². The summed E-state index contributed by atoms with van der Waals surface area (Å²) in [5, 5.41) is 6.71. The first-order valence-corrected chi connectivity index (χ1v) is 9.68. The molecule has 2 aromatic carbocycles. The van der Waals surface area contributed by atoms with Crippen molar-refractivity contribution < 1.29 is 13.9 Å². The lowest BCUT2D eigenvalue weighted by atomic mass is 9.74. The number of aliphatic imine (C=N–C) groups is 1. The maximum atomic E-state index is 13.4. The van der Waals surface area contributed by atoms with E-state index in [-0.39, 0.29) is 35.2 Å². The summed E-state index contributed by atoms with van der Waals surface area (Å²) in [6.07, 6.45) is 1.78. The Morgan fingerprint density at radius 3 is 2.41 bits per heavy atom. The smallest absolute Gasteiger partial charge is 0.191 e. The molecule has 1 aliphatic heterocycles. The molecule has 2 N–H and O–H groups in total. The Kier molecular flexibility index (Phi) is 9.66. The third-order valence-electron chi connectivity index (χ3n) is 5.13. The van der Waals surface area contributed by atoms with Gasteiger partial charge >= 0.3 is 0 Å². The van der Waals surface area contributed by atoms with Crippen LogP contribution in [0.25, 0.3) is 0 Å². The van der Waals surface area contributed by atoms with Gasteiger partial charge in [-0.05, 0) is 42.7 Å². The number of benzene rings is 2. The lowest BCUT2D eigenvalue weighted by Crippen LogP contribution is -2.48. The molecule has 0 atom stereocenters. The van der Waals surface area contributed by atoms with Gasteiger partial charge in [0.05, 0.1) is 6.54 Å². The van der Waals surface area contributed by atoms with Gasteiger partial charge in [-0.1, -0.05) is 30.3 Å². The van der Waals surface area contributed by atoms with Gasteiger partial charge < -0.3 is 20.1 Å². The fourth-order valence-electron chi connectivity index (χ4n) is 3.46. The van der Waals surface area contributed by atoms with Gasteiger partial charge in [-0.15, -0.1) is 24.0 Å². The van der Waals surface area contributed by atoms with E-state index in [0.717, 1.165) is 30.1 Å². The highest BCUT2D eigenvalue weighted by molar-refractivity contribution is 14.0. The number of nitrogens with one attached hydrogen (secondary N) is 2. The van der Waals surface area contributed by atoms with Crippen LogP contribution >= 0.6 is 24.0 Å². The van der Waals surface area contributed by atoms with Crippen molar-refractivity contribution in [2.45, 2.75) is 18.3 Å². The molecule has 1 fully saturated rings. The Morgan fingerprint density at radius 2 is 1.76 bits per heavy atom. The molecule has 158 valence electrons. The van der Waals surface area contributed by atoms with Crippen LogP contribution in [-0.2, 0) is 10.2 Å².